The van der Waals surface area contributed by atoms with Crippen LogP contribution in [0, 0.1) is 0 Å². The van der Waals surface area contributed by atoms with Crippen LogP contribution in [0.25, 0.3) is 0 Å². The largest absolute Gasteiger partial charge is 0.480 e. The molecule has 0 aromatic rings. The fourth-order valence-electron chi connectivity index (χ4n) is 0.440. The Balaban J connectivity index is 3.83. The number of carboxylic acid groups (broad SMARTS) is 1. The molecular formula is C6H14N2O2. The quantitative estimate of drug-likeness (QED) is 0.494. The Labute approximate surface area is 63.0 Å². The van der Waals surface area contributed by atoms with Gasteiger partial charge in [0, 0.05) is 2.74 Å². The number of hydrogen-bond acceptors (Lipinski definition) is 3. The second kappa shape index (κ2) is 5.20. The zero-order chi connectivity index (χ0) is 9.72. The molecule has 0 aromatic carbocycles. The fourth-order valence-corrected chi connectivity index (χ4v) is 0.440. The molecular weight excluding hydrogens is 132 g/mol. The molecule has 5 N–H and O–H groups in total. The number of carbonyl (C=O) groups is 1. The molecule has 3 atom stereocenters. The van der Waals surface area contributed by atoms with Gasteiger partial charge in [-0.05, 0) is 19.4 Å². The molecule has 10 heavy (non-hydrogen) atoms. The Morgan fingerprint density at radius 2 is 2.30 bits per heavy atom. The van der Waals surface area contributed by atoms with Crippen molar-refractivity contribution in [1.29, 1.82) is 0 Å². The lowest BCUT2D eigenvalue weighted by Gasteiger charge is -2.03. The Morgan fingerprint density at radius 3 is 2.70 bits per heavy atom. The lowest BCUT2D eigenvalue weighted by Crippen LogP contribution is -2.29. The van der Waals surface area contributed by atoms with Crippen molar-refractivity contribution < 1.29 is 12.6 Å². The summed E-state index contributed by atoms with van der Waals surface area (Å²) in [6.45, 7) is 0.0561. The molecule has 0 fully saturated rings. The second-order valence-electron chi connectivity index (χ2n) is 1.89. The highest BCUT2D eigenvalue weighted by Gasteiger charge is 2.09. The first-order valence-electron chi connectivity index (χ1n) is 4.17. The van der Waals surface area contributed by atoms with Gasteiger partial charge in [0.2, 0.25) is 0 Å². The van der Waals surface area contributed by atoms with E-state index < -0.39 is 24.8 Å². The lowest BCUT2D eigenvalue weighted by molar-refractivity contribution is -0.138. The SMILES string of the molecule is [3H]C(CN)C([3H])C[C@H](N)C(=O)O. The molecule has 0 aliphatic carbocycles. The maximum atomic E-state index is 10.2. The average Bonchev–Trinajstić information content (AvgIpc) is 2.02. The third-order valence-electron chi connectivity index (χ3n) is 1.01. The van der Waals surface area contributed by atoms with Gasteiger partial charge in [0.1, 0.15) is 6.04 Å². The molecule has 0 aliphatic heterocycles. The Kier molecular flexibility index (Phi) is 3.18. The molecule has 2 unspecified atom stereocenters. The standard InChI is InChI=1S/C6H14N2O2/c7-4-2-1-3-5(8)6(9)10/h5H,1-4,7-8H2,(H,9,10)/t5-/m0/s1/i1T,2T/t1?,2?,5-. The van der Waals surface area contributed by atoms with Crippen LogP contribution in [-0.4, -0.2) is 23.7 Å². The summed E-state index contributed by atoms with van der Waals surface area (Å²) in [7, 11) is 0. The van der Waals surface area contributed by atoms with E-state index in [0.29, 0.717) is 0 Å². The molecule has 60 valence electrons. The van der Waals surface area contributed by atoms with Gasteiger partial charge < -0.3 is 16.6 Å². The van der Waals surface area contributed by atoms with Crippen LogP contribution >= 0.6 is 0 Å². The van der Waals surface area contributed by atoms with Gasteiger partial charge in [0.05, 0.1) is 0 Å². The van der Waals surface area contributed by atoms with E-state index in [4.69, 9.17) is 19.3 Å². The summed E-state index contributed by atoms with van der Waals surface area (Å²) in [6.07, 6.45) is -1.60. The van der Waals surface area contributed by atoms with Gasteiger partial charge in [-0.1, -0.05) is 6.40 Å². The molecule has 4 heteroatoms. The predicted molar refractivity (Wildman–Crippen MR) is 38.5 cm³/mol. The van der Waals surface area contributed by atoms with E-state index in [1.807, 2.05) is 0 Å². The van der Waals surface area contributed by atoms with Crippen molar-refractivity contribution in [2.45, 2.75) is 25.3 Å². The summed E-state index contributed by atoms with van der Waals surface area (Å²) in [6, 6.07) is -1.06. The maximum absolute atomic E-state index is 10.2. The zero-order valence-electron chi connectivity index (χ0n) is 7.66. The van der Waals surface area contributed by atoms with E-state index in [-0.39, 0.29) is 13.0 Å². The molecule has 0 rings (SSSR count). The van der Waals surface area contributed by atoms with Gasteiger partial charge in [0.15, 0.2) is 0 Å². The van der Waals surface area contributed by atoms with Gasteiger partial charge in [-0.2, -0.15) is 0 Å². The number of rotatable bonds is 5. The van der Waals surface area contributed by atoms with E-state index in [2.05, 4.69) is 0 Å². The van der Waals surface area contributed by atoms with Gasteiger partial charge >= 0.3 is 5.97 Å². The van der Waals surface area contributed by atoms with Crippen LogP contribution in [-0.2, 0) is 4.79 Å². The molecule has 0 bridgehead atoms. The van der Waals surface area contributed by atoms with Crippen LogP contribution in [0.15, 0.2) is 0 Å². The number of aliphatic carboxylic acids is 1. The summed E-state index contributed by atoms with van der Waals surface area (Å²) < 4.78 is 14.5. The van der Waals surface area contributed by atoms with E-state index in [1.165, 1.54) is 0 Å². The molecule has 0 aliphatic rings. The van der Waals surface area contributed by atoms with Crippen molar-refractivity contribution in [1.82, 2.24) is 0 Å². The molecule has 0 heterocycles. The molecule has 4 nitrogen and oxygen atoms in total. The summed E-state index contributed by atoms with van der Waals surface area (Å²) in [5.41, 5.74) is 10.3. The zero-order valence-corrected chi connectivity index (χ0v) is 5.66. The summed E-state index contributed by atoms with van der Waals surface area (Å²) >= 11 is 0. The van der Waals surface area contributed by atoms with Crippen molar-refractivity contribution in [3.05, 3.63) is 0 Å². The van der Waals surface area contributed by atoms with Crippen LogP contribution in [0.1, 0.15) is 22.0 Å². The van der Waals surface area contributed by atoms with Crippen LogP contribution in [0.2, 0.25) is 0 Å². The highest BCUT2D eigenvalue weighted by molar-refractivity contribution is 5.72. The Hall–Kier alpha value is -0.610. The minimum atomic E-state index is -1.14. The number of hydrogen-bond donors (Lipinski definition) is 3. The lowest BCUT2D eigenvalue weighted by atomic mass is 10.1. The van der Waals surface area contributed by atoms with Gasteiger partial charge in [-0.15, -0.1) is 0 Å². The van der Waals surface area contributed by atoms with Crippen LogP contribution in [0.3, 0.4) is 0 Å². The Bertz CT molecular complexity index is 156. The highest BCUT2D eigenvalue weighted by Crippen LogP contribution is 1.96. The smallest absolute Gasteiger partial charge is 0.320 e. The van der Waals surface area contributed by atoms with Gasteiger partial charge in [-0.25, -0.2) is 0 Å². The second-order valence-corrected chi connectivity index (χ2v) is 1.89. The van der Waals surface area contributed by atoms with Crippen molar-refractivity contribution in [3.8, 4) is 0 Å². The fraction of sp³-hybridized carbons (Fsp3) is 0.833. The van der Waals surface area contributed by atoms with E-state index in [0.717, 1.165) is 0 Å². The molecule has 0 spiro atoms. The van der Waals surface area contributed by atoms with Crippen molar-refractivity contribution in [2.24, 2.45) is 11.5 Å². The molecule has 0 saturated heterocycles. The van der Waals surface area contributed by atoms with E-state index >= 15 is 0 Å². The molecule has 0 saturated carbocycles. The van der Waals surface area contributed by atoms with Gasteiger partial charge in [0.25, 0.3) is 0 Å². The first-order chi connectivity index (χ1) is 5.49. The first kappa shape index (κ1) is 6.12. The topological polar surface area (TPSA) is 89.3 Å². The third-order valence-corrected chi connectivity index (χ3v) is 1.01. The van der Waals surface area contributed by atoms with Gasteiger partial charge in [-0.3, -0.25) is 4.79 Å². The van der Waals surface area contributed by atoms with Crippen LogP contribution in [0.4, 0.5) is 0 Å². The highest BCUT2D eigenvalue weighted by atomic mass is 16.4. The summed E-state index contributed by atoms with van der Waals surface area (Å²) in [5.74, 6) is -1.14. The number of nitrogens with two attached hydrogens (primary N) is 2. The first-order valence-corrected chi connectivity index (χ1v) is 3.02. The summed E-state index contributed by atoms with van der Waals surface area (Å²) in [4.78, 5) is 10.2. The Morgan fingerprint density at radius 1 is 1.70 bits per heavy atom. The predicted octanol–water partition coefficient (Wildman–Crippen LogP) is -0.473. The third kappa shape index (κ3) is 4.29. The van der Waals surface area contributed by atoms with E-state index in [1.54, 1.807) is 0 Å². The van der Waals surface area contributed by atoms with E-state index in [9.17, 15) is 4.79 Å². The van der Waals surface area contributed by atoms with Crippen LogP contribution < -0.4 is 11.5 Å². The maximum Gasteiger partial charge on any atom is 0.320 e. The average molecular weight is 150 g/mol. The van der Waals surface area contributed by atoms with Crippen molar-refractivity contribution in [2.75, 3.05) is 6.54 Å². The monoisotopic (exact) mass is 150 g/mol. The molecule has 0 amide bonds. The normalized spacial score (nSPS) is 22.2. The minimum absolute atomic E-state index is 0.0271. The summed E-state index contributed by atoms with van der Waals surface area (Å²) in [5, 5.41) is 8.38. The molecule has 0 aromatic heterocycles. The molecule has 0 radical (unpaired) electrons. The minimum Gasteiger partial charge on any atom is -0.480 e. The van der Waals surface area contributed by atoms with Crippen molar-refractivity contribution >= 4 is 5.97 Å². The van der Waals surface area contributed by atoms with Crippen LogP contribution in [0.5, 0.6) is 0 Å². The number of carboxylic acids is 1. The van der Waals surface area contributed by atoms with Crippen molar-refractivity contribution in [3.63, 3.8) is 0 Å².